The van der Waals surface area contributed by atoms with Gasteiger partial charge >= 0.3 is 5.97 Å². The average molecular weight is 348 g/mol. The van der Waals surface area contributed by atoms with Crippen LogP contribution in [0.1, 0.15) is 24.8 Å². The number of nitrogens with two attached hydrogens (primary N) is 1. The summed E-state index contributed by atoms with van der Waals surface area (Å²) in [5, 5.41) is 2.83. The molecule has 0 radical (unpaired) electrons. The van der Waals surface area contributed by atoms with Gasteiger partial charge in [-0.2, -0.15) is 0 Å². The second kappa shape index (κ2) is 8.64. The van der Waals surface area contributed by atoms with Gasteiger partial charge in [0.15, 0.2) is 0 Å². The lowest BCUT2D eigenvalue weighted by molar-refractivity contribution is -0.134. The summed E-state index contributed by atoms with van der Waals surface area (Å²) in [6, 6.07) is 5.19. The van der Waals surface area contributed by atoms with Crippen LogP contribution in [0.3, 0.4) is 0 Å². The van der Waals surface area contributed by atoms with Crippen LogP contribution in [0.15, 0.2) is 24.3 Å². The van der Waals surface area contributed by atoms with Gasteiger partial charge in [-0.25, -0.2) is 4.79 Å². The molecule has 3 N–H and O–H groups in total. The fourth-order valence-electron chi connectivity index (χ4n) is 2.38. The average Bonchev–Trinajstić information content (AvgIpc) is 2.58. The maximum Gasteiger partial charge on any atom is 0.330 e. The summed E-state index contributed by atoms with van der Waals surface area (Å²) in [6.07, 6.45) is 5.24. The van der Waals surface area contributed by atoms with E-state index in [0.717, 1.165) is 6.42 Å². The van der Waals surface area contributed by atoms with Crippen LogP contribution >= 0.6 is 0 Å². The number of ether oxygens (including phenoxy) is 3. The molecule has 136 valence electrons. The third kappa shape index (κ3) is 5.04. The second-order valence-corrected chi connectivity index (χ2v) is 5.91. The highest BCUT2D eigenvalue weighted by Crippen LogP contribution is 2.31. The second-order valence-electron chi connectivity index (χ2n) is 5.91. The number of amides is 1. The highest BCUT2D eigenvalue weighted by molar-refractivity contribution is 5.99. The normalized spacial score (nSPS) is 15.5. The fraction of sp³-hybridized carbons (Fsp3) is 0.444. The molecule has 1 fully saturated rings. The van der Waals surface area contributed by atoms with Gasteiger partial charge in [0.2, 0.25) is 5.91 Å². The van der Waals surface area contributed by atoms with Crippen molar-refractivity contribution >= 4 is 23.6 Å². The largest absolute Gasteiger partial charge is 0.490 e. The van der Waals surface area contributed by atoms with E-state index in [1.54, 1.807) is 31.4 Å². The first-order chi connectivity index (χ1) is 12.0. The first-order valence-electron chi connectivity index (χ1n) is 8.10. The van der Waals surface area contributed by atoms with E-state index in [2.05, 4.69) is 10.1 Å². The predicted molar refractivity (Wildman–Crippen MR) is 94.3 cm³/mol. The summed E-state index contributed by atoms with van der Waals surface area (Å²) in [7, 11) is 2.89. The summed E-state index contributed by atoms with van der Waals surface area (Å²) in [6.45, 7) is 0.760. The molecule has 1 amide bonds. The highest BCUT2D eigenvalue weighted by Gasteiger charge is 2.40. The molecule has 0 aromatic heterocycles. The van der Waals surface area contributed by atoms with Crippen molar-refractivity contribution in [2.24, 2.45) is 5.73 Å². The van der Waals surface area contributed by atoms with E-state index in [1.165, 1.54) is 13.2 Å². The quantitative estimate of drug-likeness (QED) is 0.421. The van der Waals surface area contributed by atoms with Crippen LogP contribution in [0.4, 0.5) is 5.69 Å². The van der Waals surface area contributed by atoms with Crippen LogP contribution in [0.2, 0.25) is 0 Å². The summed E-state index contributed by atoms with van der Waals surface area (Å²) in [5.74, 6) is -0.135. The lowest BCUT2D eigenvalue weighted by Gasteiger charge is -2.36. The number of benzene rings is 1. The Bertz CT molecular complexity index is 653. The molecule has 25 heavy (non-hydrogen) atoms. The Kier molecular flexibility index (Phi) is 6.55. The smallest absolute Gasteiger partial charge is 0.330 e. The Hall–Kier alpha value is -2.38. The van der Waals surface area contributed by atoms with Gasteiger partial charge in [-0.15, -0.1) is 0 Å². The molecule has 1 aliphatic carbocycles. The first kappa shape index (κ1) is 19.0. The van der Waals surface area contributed by atoms with Crippen molar-refractivity contribution in [2.75, 3.05) is 32.8 Å². The number of hydrogen-bond donors (Lipinski definition) is 2. The van der Waals surface area contributed by atoms with Gasteiger partial charge in [0.05, 0.1) is 19.3 Å². The molecule has 2 rings (SSSR count). The molecule has 1 saturated carbocycles. The summed E-state index contributed by atoms with van der Waals surface area (Å²) >= 11 is 0. The molecule has 0 heterocycles. The van der Waals surface area contributed by atoms with Crippen LogP contribution in [0.5, 0.6) is 5.75 Å². The lowest BCUT2D eigenvalue weighted by Crippen LogP contribution is -2.56. The molecule has 1 aromatic carbocycles. The first-order valence-corrected chi connectivity index (χ1v) is 8.10. The highest BCUT2D eigenvalue weighted by atomic mass is 16.5. The van der Waals surface area contributed by atoms with E-state index in [0.29, 0.717) is 43.1 Å². The monoisotopic (exact) mass is 348 g/mol. The third-order valence-corrected chi connectivity index (χ3v) is 4.11. The van der Waals surface area contributed by atoms with Gasteiger partial charge in [-0.3, -0.25) is 4.79 Å². The summed E-state index contributed by atoms with van der Waals surface area (Å²) < 4.78 is 15.2. The van der Waals surface area contributed by atoms with E-state index < -0.39 is 11.5 Å². The van der Waals surface area contributed by atoms with Gasteiger partial charge in [0.25, 0.3) is 0 Å². The van der Waals surface area contributed by atoms with Crippen LogP contribution < -0.4 is 15.8 Å². The molecule has 0 atom stereocenters. The number of hydrogen-bond acceptors (Lipinski definition) is 6. The third-order valence-electron chi connectivity index (χ3n) is 4.11. The van der Waals surface area contributed by atoms with Crippen LogP contribution in [-0.2, 0) is 19.1 Å². The van der Waals surface area contributed by atoms with Gasteiger partial charge in [0.1, 0.15) is 12.4 Å². The van der Waals surface area contributed by atoms with E-state index >= 15 is 0 Å². The molecule has 7 heteroatoms. The van der Waals surface area contributed by atoms with E-state index in [9.17, 15) is 9.59 Å². The molecular weight excluding hydrogens is 324 g/mol. The Morgan fingerprint density at radius 2 is 2.04 bits per heavy atom. The molecule has 0 spiro atoms. The summed E-state index contributed by atoms with van der Waals surface area (Å²) in [4.78, 5) is 23.5. The fourth-order valence-corrected chi connectivity index (χ4v) is 2.38. The molecular formula is C18H24N2O5. The molecule has 0 aliphatic heterocycles. The Morgan fingerprint density at radius 1 is 1.28 bits per heavy atom. The minimum absolute atomic E-state index is 0.195. The zero-order chi connectivity index (χ0) is 18.3. The Labute approximate surface area is 147 Å². The number of anilines is 1. The Balaban J connectivity index is 2.15. The summed E-state index contributed by atoms with van der Waals surface area (Å²) in [5.41, 5.74) is 6.53. The maximum absolute atomic E-state index is 12.3. The van der Waals surface area contributed by atoms with Crippen LogP contribution in [0.25, 0.3) is 6.08 Å². The van der Waals surface area contributed by atoms with Crippen LogP contribution in [0, 0.1) is 0 Å². The van der Waals surface area contributed by atoms with Crippen molar-refractivity contribution in [3.05, 3.63) is 29.8 Å². The van der Waals surface area contributed by atoms with Crippen molar-refractivity contribution in [3.63, 3.8) is 0 Å². The molecule has 1 aromatic rings. The Morgan fingerprint density at radius 3 is 2.64 bits per heavy atom. The zero-order valence-corrected chi connectivity index (χ0v) is 14.5. The molecule has 0 saturated heterocycles. The molecule has 0 bridgehead atoms. The number of carbonyl (C=O) groups excluding carboxylic acids is 2. The van der Waals surface area contributed by atoms with Crippen molar-refractivity contribution in [1.29, 1.82) is 0 Å². The van der Waals surface area contributed by atoms with Crippen molar-refractivity contribution in [3.8, 4) is 5.75 Å². The number of methoxy groups -OCH3 is 2. The SMILES string of the molecule is COCCOc1cc(NC(=O)C2(N)CCC2)ccc1C=CC(=O)OC. The lowest BCUT2D eigenvalue weighted by atomic mass is 9.77. The topological polar surface area (TPSA) is 99.9 Å². The number of esters is 1. The molecule has 0 unspecified atom stereocenters. The zero-order valence-electron chi connectivity index (χ0n) is 14.5. The van der Waals surface area contributed by atoms with Crippen LogP contribution in [-0.4, -0.2) is 44.8 Å². The van der Waals surface area contributed by atoms with Crippen molar-refractivity contribution in [2.45, 2.75) is 24.8 Å². The van der Waals surface area contributed by atoms with Gasteiger partial charge in [0, 0.05) is 30.5 Å². The van der Waals surface area contributed by atoms with E-state index in [4.69, 9.17) is 15.2 Å². The predicted octanol–water partition coefficient (Wildman–Crippen LogP) is 1.72. The minimum Gasteiger partial charge on any atom is -0.490 e. The number of rotatable bonds is 8. The van der Waals surface area contributed by atoms with Gasteiger partial charge < -0.3 is 25.3 Å². The molecule has 7 nitrogen and oxygen atoms in total. The standard InChI is InChI=1S/C18H24N2O5/c1-23-10-11-25-15-12-14(20-17(22)18(19)8-3-9-18)6-4-13(15)5-7-16(21)24-2/h4-7,12H,3,8-11,19H2,1-2H3,(H,20,22). The maximum atomic E-state index is 12.3. The van der Waals surface area contributed by atoms with Crippen molar-refractivity contribution < 1.29 is 23.8 Å². The van der Waals surface area contributed by atoms with Crippen molar-refractivity contribution in [1.82, 2.24) is 0 Å². The van der Waals surface area contributed by atoms with E-state index in [-0.39, 0.29) is 5.91 Å². The minimum atomic E-state index is -0.777. The van der Waals surface area contributed by atoms with Gasteiger partial charge in [-0.05, 0) is 37.5 Å². The number of nitrogens with one attached hydrogen (secondary N) is 1. The number of carbonyl (C=O) groups is 2. The van der Waals surface area contributed by atoms with Gasteiger partial charge in [-0.1, -0.05) is 0 Å². The van der Waals surface area contributed by atoms with E-state index in [1.807, 2.05) is 0 Å². The molecule has 1 aliphatic rings.